The second-order valence-corrected chi connectivity index (χ2v) is 6.01. The fraction of sp³-hybridized carbons (Fsp3) is 0.211. The Kier molecular flexibility index (Phi) is 3.37. The predicted octanol–water partition coefficient (Wildman–Crippen LogP) is 3.94. The lowest BCUT2D eigenvalue weighted by Gasteiger charge is -2.17. The van der Waals surface area contributed by atoms with E-state index in [1.165, 1.54) is 17.0 Å². The number of nitrogens with one attached hydrogen (secondary N) is 1. The summed E-state index contributed by atoms with van der Waals surface area (Å²) >= 11 is 0. The molecule has 1 aliphatic heterocycles. The quantitative estimate of drug-likeness (QED) is 0.765. The highest BCUT2D eigenvalue weighted by atomic mass is 19.1. The summed E-state index contributed by atoms with van der Waals surface area (Å²) < 4.78 is 13.8. The third kappa shape index (κ3) is 2.40. The number of benzene rings is 2. The summed E-state index contributed by atoms with van der Waals surface area (Å²) in [5, 5.41) is 1.21. The SMILES string of the molecule is O=C(c1ccccc1F)N1CCC(c2c[nH]c3ccccc23)C1. The van der Waals surface area contributed by atoms with E-state index in [2.05, 4.69) is 17.1 Å². The molecule has 1 unspecified atom stereocenters. The second-order valence-electron chi connectivity index (χ2n) is 6.01. The molecule has 0 bridgehead atoms. The molecule has 3 nitrogen and oxygen atoms in total. The first kappa shape index (κ1) is 14.0. The van der Waals surface area contributed by atoms with E-state index in [9.17, 15) is 9.18 Å². The predicted molar refractivity (Wildman–Crippen MR) is 88.0 cm³/mol. The molecule has 1 fully saturated rings. The first-order valence-corrected chi connectivity index (χ1v) is 7.84. The van der Waals surface area contributed by atoms with Gasteiger partial charge in [0.15, 0.2) is 0 Å². The number of rotatable bonds is 2. The van der Waals surface area contributed by atoms with Gasteiger partial charge in [0.25, 0.3) is 5.91 Å². The van der Waals surface area contributed by atoms with Crippen LogP contribution in [0.15, 0.2) is 54.7 Å². The summed E-state index contributed by atoms with van der Waals surface area (Å²) in [4.78, 5) is 17.6. The third-order valence-electron chi connectivity index (χ3n) is 4.64. The van der Waals surface area contributed by atoms with Crippen molar-refractivity contribution in [2.24, 2.45) is 0 Å². The molecule has 1 aliphatic rings. The first-order chi connectivity index (χ1) is 11.2. The Balaban J connectivity index is 1.58. The lowest BCUT2D eigenvalue weighted by Crippen LogP contribution is -2.29. The fourth-order valence-electron chi connectivity index (χ4n) is 3.44. The lowest BCUT2D eigenvalue weighted by molar-refractivity contribution is 0.0786. The van der Waals surface area contributed by atoms with Crippen LogP contribution in [0.2, 0.25) is 0 Å². The van der Waals surface area contributed by atoms with Crippen molar-refractivity contribution in [2.75, 3.05) is 13.1 Å². The van der Waals surface area contributed by atoms with Crippen LogP contribution in [0.3, 0.4) is 0 Å². The molecule has 4 heteroatoms. The molecule has 0 spiro atoms. The van der Waals surface area contributed by atoms with Crippen LogP contribution in [0.1, 0.15) is 28.3 Å². The molecule has 1 amide bonds. The van der Waals surface area contributed by atoms with Crippen LogP contribution in [0.5, 0.6) is 0 Å². The van der Waals surface area contributed by atoms with Gasteiger partial charge in [0.1, 0.15) is 5.82 Å². The summed E-state index contributed by atoms with van der Waals surface area (Å²) in [6.45, 7) is 1.30. The van der Waals surface area contributed by atoms with Crippen molar-refractivity contribution in [3.63, 3.8) is 0 Å². The number of halogens is 1. The van der Waals surface area contributed by atoms with Crippen LogP contribution in [-0.2, 0) is 0 Å². The van der Waals surface area contributed by atoms with Gasteiger partial charge < -0.3 is 9.88 Å². The number of hydrogen-bond donors (Lipinski definition) is 1. The number of amides is 1. The Morgan fingerprint density at radius 2 is 1.91 bits per heavy atom. The zero-order chi connectivity index (χ0) is 15.8. The van der Waals surface area contributed by atoms with E-state index in [0.29, 0.717) is 19.0 Å². The van der Waals surface area contributed by atoms with Crippen molar-refractivity contribution in [3.05, 3.63) is 71.7 Å². The van der Waals surface area contributed by atoms with E-state index in [4.69, 9.17) is 0 Å². The standard InChI is InChI=1S/C19H17FN2O/c20-17-7-3-1-6-15(17)19(23)22-10-9-13(12-22)16-11-21-18-8-4-2-5-14(16)18/h1-8,11,13,21H,9-10,12H2. The Bertz CT molecular complexity index is 870. The fourth-order valence-corrected chi connectivity index (χ4v) is 3.44. The van der Waals surface area contributed by atoms with Gasteiger partial charge in [-0.25, -0.2) is 4.39 Å². The number of aromatic amines is 1. The molecule has 2 heterocycles. The van der Waals surface area contributed by atoms with Gasteiger partial charge in [0.05, 0.1) is 5.56 Å². The normalized spacial score (nSPS) is 17.8. The molecule has 1 N–H and O–H groups in total. The van der Waals surface area contributed by atoms with Crippen LogP contribution < -0.4 is 0 Å². The van der Waals surface area contributed by atoms with Gasteiger partial charge in [-0.1, -0.05) is 30.3 Å². The topological polar surface area (TPSA) is 36.1 Å². The number of H-pyrrole nitrogens is 1. The molecule has 3 aromatic rings. The Morgan fingerprint density at radius 3 is 2.78 bits per heavy atom. The first-order valence-electron chi connectivity index (χ1n) is 7.84. The number of carbonyl (C=O) groups is 1. The van der Waals surface area contributed by atoms with Crippen LogP contribution >= 0.6 is 0 Å². The zero-order valence-corrected chi connectivity index (χ0v) is 12.6. The van der Waals surface area contributed by atoms with Crippen LogP contribution in [0.4, 0.5) is 4.39 Å². The van der Waals surface area contributed by atoms with Gasteiger partial charge in [0.2, 0.25) is 0 Å². The van der Waals surface area contributed by atoms with E-state index in [0.717, 1.165) is 11.9 Å². The largest absolute Gasteiger partial charge is 0.361 e. The Morgan fingerprint density at radius 1 is 1.13 bits per heavy atom. The number of aromatic nitrogens is 1. The maximum absolute atomic E-state index is 13.8. The molecule has 0 radical (unpaired) electrons. The molecule has 0 saturated carbocycles. The van der Waals surface area contributed by atoms with Crippen molar-refractivity contribution in [2.45, 2.75) is 12.3 Å². The highest BCUT2D eigenvalue weighted by molar-refractivity contribution is 5.94. The zero-order valence-electron chi connectivity index (χ0n) is 12.6. The van der Waals surface area contributed by atoms with Gasteiger partial charge in [-0.15, -0.1) is 0 Å². The molecule has 4 rings (SSSR count). The molecule has 1 atom stereocenters. The molecule has 116 valence electrons. The van der Waals surface area contributed by atoms with Crippen molar-refractivity contribution < 1.29 is 9.18 Å². The maximum Gasteiger partial charge on any atom is 0.256 e. The third-order valence-corrected chi connectivity index (χ3v) is 4.64. The smallest absolute Gasteiger partial charge is 0.256 e. The van der Waals surface area contributed by atoms with Crippen LogP contribution in [-0.4, -0.2) is 28.9 Å². The number of fused-ring (bicyclic) bond motifs is 1. The molecule has 0 aliphatic carbocycles. The second kappa shape index (κ2) is 5.54. The molecule has 2 aromatic carbocycles. The van der Waals surface area contributed by atoms with Crippen molar-refractivity contribution in [1.29, 1.82) is 0 Å². The summed E-state index contributed by atoms with van der Waals surface area (Å²) in [5.41, 5.74) is 2.51. The number of para-hydroxylation sites is 1. The summed E-state index contributed by atoms with van der Waals surface area (Å²) in [7, 11) is 0. The van der Waals surface area contributed by atoms with E-state index < -0.39 is 5.82 Å². The van der Waals surface area contributed by atoms with Gasteiger partial charge >= 0.3 is 0 Å². The highest BCUT2D eigenvalue weighted by Crippen LogP contribution is 2.33. The van der Waals surface area contributed by atoms with E-state index >= 15 is 0 Å². The van der Waals surface area contributed by atoms with Crippen molar-refractivity contribution in [1.82, 2.24) is 9.88 Å². The van der Waals surface area contributed by atoms with E-state index in [1.54, 1.807) is 23.1 Å². The van der Waals surface area contributed by atoms with Crippen molar-refractivity contribution >= 4 is 16.8 Å². The minimum Gasteiger partial charge on any atom is -0.361 e. The van der Waals surface area contributed by atoms with E-state index in [-0.39, 0.29) is 11.5 Å². The molecular weight excluding hydrogens is 291 g/mol. The molecule has 1 saturated heterocycles. The molecule has 23 heavy (non-hydrogen) atoms. The average molecular weight is 308 g/mol. The van der Waals surface area contributed by atoms with Crippen molar-refractivity contribution in [3.8, 4) is 0 Å². The molecule has 1 aromatic heterocycles. The Hall–Kier alpha value is -2.62. The van der Waals surface area contributed by atoms with Gasteiger partial charge in [-0.2, -0.15) is 0 Å². The number of nitrogens with zero attached hydrogens (tertiary/aromatic N) is 1. The number of hydrogen-bond acceptors (Lipinski definition) is 1. The number of likely N-dealkylation sites (tertiary alicyclic amines) is 1. The summed E-state index contributed by atoms with van der Waals surface area (Å²) in [5.74, 6) is -0.375. The van der Waals surface area contributed by atoms with Crippen LogP contribution in [0, 0.1) is 5.82 Å². The minimum atomic E-state index is -0.451. The minimum absolute atomic E-state index is 0.159. The summed E-state index contributed by atoms with van der Waals surface area (Å²) in [6, 6.07) is 14.4. The number of carbonyl (C=O) groups excluding carboxylic acids is 1. The Labute approximate surface area is 133 Å². The summed E-state index contributed by atoms with van der Waals surface area (Å²) in [6.07, 6.45) is 2.94. The van der Waals surface area contributed by atoms with E-state index in [1.807, 2.05) is 18.3 Å². The van der Waals surface area contributed by atoms with Gasteiger partial charge in [-0.3, -0.25) is 4.79 Å². The van der Waals surface area contributed by atoms with Gasteiger partial charge in [0, 0.05) is 36.1 Å². The average Bonchev–Trinajstić information content (AvgIpc) is 3.21. The maximum atomic E-state index is 13.8. The van der Waals surface area contributed by atoms with Crippen LogP contribution in [0.25, 0.3) is 10.9 Å². The lowest BCUT2D eigenvalue weighted by atomic mass is 9.98. The molecular formula is C19H17FN2O. The monoisotopic (exact) mass is 308 g/mol. The highest BCUT2D eigenvalue weighted by Gasteiger charge is 2.30. The van der Waals surface area contributed by atoms with Gasteiger partial charge in [-0.05, 0) is 30.2 Å².